The second-order valence-electron chi connectivity index (χ2n) is 7.05. The Hall–Kier alpha value is -2.95. The van der Waals surface area contributed by atoms with Gasteiger partial charge in [-0.1, -0.05) is 25.1 Å². The van der Waals surface area contributed by atoms with E-state index in [9.17, 15) is 9.90 Å². The molecule has 1 N–H and O–H groups in total. The largest absolute Gasteiger partial charge is 0.508 e. The number of aromatic nitrogens is 1. The summed E-state index contributed by atoms with van der Waals surface area (Å²) in [7, 11) is 0. The quantitative estimate of drug-likeness (QED) is 0.769. The van der Waals surface area contributed by atoms with E-state index in [1.165, 1.54) is 0 Å². The lowest BCUT2D eigenvalue weighted by Crippen LogP contribution is -2.48. The van der Waals surface area contributed by atoms with Crippen molar-refractivity contribution in [3.63, 3.8) is 0 Å². The topological polar surface area (TPSA) is 48.7 Å². The molecule has 1 aliphatic rings. The predicted octanol–water partition coefficient (Wildman–Crippen LogP) is 3.72. The molecule has 27 heavy (non-hydrogen) atoms. The van der Waals surface area contributed by atoms with Gasteiger partial charge in [-0.3, -0.25) is 4.79 Å². The number of fused-ring (bicyclic) bond motifs is 1. The van der Waals surface area contributed by atoms with E-state index in [0.717, 1.165) is 48.2 Å². The van der Waals surface area contributed by atoms with E-state index in [1.807, 2.05) is 41.4 Å². The predicted molar refractivity (Wildman–Crippen MR) is 108 cm³/mol. The Morgan fingerprint density at radius 3 is 2.41 bits per heavy atom. The molecule has 1 saturated heterocycles. The number of phenols is 1. The van der Waals surface area contributed by atoms with Crippen LogP contribution in [-0.2, 0) is 6.54 Å². The van der Waals surface area contributed by atoms with Crippen molar-refractivity contribution in [3.8, 4) is 5.75 Å². The van der Waals surface area contributed by atoms with Crippen molar-refractivity contribution >= 4 is 22.5 Å². The van der Waals surface area contributed by atoms with Gasteiger partial charge >= 0.3 is 0 Å². The van der Waals surface area contributed by atoms with Gasteiger partial charge in [0.1, 0.15) is 5.75 Å². The number of para-hydroxylation sites is 1. The van der Waals surface area contributed by atoms with E-state index in [1.54, 1.807) is 12.1 Å². The molecule has 0 bridgehead atoms. The van der Waals surface area contributed by atoms with Gasteiger partial charge in [-0.2, -0.15) is 0 Å². The second-order valence-corrected chi connectivity index (χ2v) is 7.05. The minimum Gasteiger partial charge on any atom is -0.508 e. The molecule has 5 heteroatoms. The average Bonchev–Trinajstić information content (AvgIpc) is 3.07. The number of aromatic hydroxyl groups is 1. The van der Waals surface area contributed by atoms with Crippen LogP contribution in [0.3, 0.4) is 0 Å². The fraction of sp³-hybridized carbons (Fsp3) is 0.318. The summed E-state index contributed by atoms with van der Waals surface area (Å²) in [5, 5.41) is 10.5. The molecule has 1 amide bonds. The number of carbonyl (C=O) groups excluding carboxylic acids is 1. The van der Waals surface area contributed by atoms with E-state index in [-0.39, 0.29) is 11.7 Å². The normalized spacial score (nSPS) is 14.7. The summed E-state index contributed by atoms with van der Waals surface area (Å²) < 4.78 is 2.19. The third kappa shape index (κ3) is 3.37. The smallest absolute Gasteiger partial charge is 0.256 e. The number of nitrogens with zero attached hydrogens (tertiary/aromatic N) is 3. The molecule has 1 fully saturated rings. The second kappa shape index (κ2) is 7.35. The van der Waals surface area contributed by atoms with Gasteiger partial charge in [0.15, 0.2) is 0 Å². The number of anilines is 1. The number of phenolic OH excluding ortho intramolecular Hbond substituents is 1. The Kier molecular flexibility index (Phi) is 4.75. The maximum Gasteiger partial charge on any atom is 0.256 e. The summed E-state index contributed by atoms with van der Waals surface area (Å²) in [6.07, 6.45) is 3.06. The van der Waals surface area contributed by atoms with Crippen molar-refractivity contribution in [3.05, 3.63) is 60.3 Å². The van der Waals surface area contributed by atoms with Crippen LogP contribution in [0.5, 0.6) is 5.75 Å². The maximum absolute atomic E-state index is 13.2. The first-order valence-corrected chi connectivity index (χ1v) is 9.58. The van der Waals surface area contributed by atoms with Gasteiger partial charge in [0.05, 0.1) is 5.56 Å². The fourth-order valence-electron chi connectivity index (χ4n) is 3.84. The van der Waals surface area contributed by atoms with Crippen LogP contribution in [0.15, 0.2) is 54.7 Å². The highest BCUT2D eigenvalue weighted by Gasteiger charge is 2.25. The van der Waals surface area contributed by atoms with Crippen LogP contribution in [0, 0.1) is 0 Å². The monoisotopic (exact) mass is 363 g/mol. The molecule has 0 radical (unpaired) electrons. The van der Waals surface area contributed by atoms with Crippen molar-refractivity contribution in [2.24, 2.45) is 0 Å². The number of carbonyl (C=O) groups is 1. The van der Waals surface area contributed by atoms with Crippen molar-refractivity contribution in [2.75, 3.05) is 31.1 Å². The van der Waals surface area contributed by atoms with Crippen LogP contribution in [0.25, 0.3) is 10.9 Å². The summed E-state index contributed by atoms with van der Waals surface area (Å²) in [5.41, 5.74) is 3.02. The standard InChI is InChI=1S/C22H25N3O2/c1-2-11-25-16-20(19-5-3-4-6-21(19)25)22(27)24-14-12-23(13-15-24)17-7-9-18(26)10-8-17/h3-10,16,26H,2,11-15H2,1H3. The third-order valence-corrected chi connectivity index (χ3v) is 5.27. The lowest BCUT2D eigenvalue weighted by Gasteiger charge is -2.36. The van der Waals surface area contributed by atoms with Crippen LogP contribution >= 0.6 is 0 Å². The molecule has 4 rings (SSSR count). The zero-order valence-corrected chi connectivity index (χ0v) is 15.6. The number of benzene rings is 2. The summed E-state index contributed by atoms with van der Waals surface area (Å²) in [5.74, 6) is 0.391. The highest BCUT2D eigenvalue weighted by Crippen LogP contribution is 2.25. The Labute approximate surface area is 159 Å². The van der Waals surface area contributed by atoms with E-state index < -0.39 is 0 Å². The minimum atomic E-state index is 0.117. The van der Waals surface area contributed by atoms with Gasteiger partial charge in [-0.15, -0.1) is 0 Å². The van der Waals surface area contributed by atoms with Crippen LogP contribution in [0.1, 0.15) is 23.7 Å². The molecule has 0 aliphatic carbocycles. The molecule has 0 atom stereocenters. The number of hydrogen-bond acceptors (Lipinski definition) is 3. The van der Waals surface area contributed by atoms with Crippen molar-refractivity contribution in [2.45, 2.75) is 19.9 Å². The molecule has 0 saturated carbocycles. The molecule has 0 unspecified atom stereocenters. The first kappa shape index (κ1) is 17.5. The fourth-order valence-corrected chi connectivity index (χ4v) is 3.84. The highest BCUT2D eigenvalue weighted by atomic mass is 16.3. The van der Waals surface area contributed by atoms with E-state index >= 15 is 0 Å². The molecular formula is C22H25N3O2. The van der Waals surface area contributed by atoms with E-state index in [4.69, 9.17) is 0 Å². The lowest BCUT2D eigenvalue weighted by molar-refractivity contribution is 0.0748. The number of aryl methyl sites for hydroxylation is 1. The van der Waals surface area contributed by atoms with Crippen molar-refractivity contribution < 1.29 is 9.90 Å². The molecule has 1 aliphatic heterocycles. The Bertz CT molecular complexity index is 938. The van der Waals surface area contributed by atoms with Crippen molar-refractivity contribution in [1.82, 2.24) is 9.47 Å². The van der Waals surface area contributed by atoms with Gasteiger partial charge in [-0.25, -0.2) is 0 Å². The van der Waals surface area contributed by atoms with Gasteiger partial charge in [-0.05, 0) is 36.8 Å². The Morgan fingerprint density at radius 1 is 1.00 bits per heavy atom. The van der Waals surface area contributed by atoms with Gasteiger partial charge < -0.3 is 19.5 Å². The number of hydrogen-bond donors (Lipinski definition) is 1. The molecule has 0 spiro atoms. The number of piperazine rings is 1. The van der Waals surface area contributed by atoms with Gasteiger partial charge in [0.25, 0.3) is 5.91 Å². The molecular weight excluding hydrogens is 338 g/mol. The first-order valence-electron chi connectivity index (χ1n) is 9.58. The molecule has 1 aromatic heterocycles. The number of rotatable bonds is 4. The summed E-state index contributed by atoms with van der Waals surface area (Å²) >= 11 is 0. The van der Waals surface area contributed by atoms with Crippen molar-refractivity contribution in [1.29, 1.82) is 0 Å². The van der Waals surface area contributed by atoms with Crippen LogP contribution < -0.4 is 4.90 Å². The Morgan fingerprint density at radius 2 is 1.70 bits per heavy atom. The molecule has 2 aromatic carbocycles. The zero-order chi connectivity index (χ0) is 18.8. The minimum absolute atomic E-state index is 0.117. The highest BCUT2D eigenvalue weighted by molar-refractivity contribution is 6.07. The molecule has 5 nitrogen and oxygen atoms in total. The third-order valence-electron chi connectivity index (χ3n) is 5.27. The first-order chi connectivity index (χ1) is 13.2. The zero-order valence-electron chi connectivity index (χ0n) is 15.6. The van der Waals surface area contributed by atoms with Crippen LogP contribution in [-0.4, -0.2) is 46.7 Å². The van der Waals surface area contributed by atoms with Crippen LogP contribution in [0.2, 0.25) is 0 Å². The molecule has 2 heterocycles. The average molecular weight is 363 g/mol. The van der Waals surface area contributed by atoms with E-state index in [0.29, 0.717) is 13.1 Å². The summed E-state index contributed by atoms with van der Waals surface area (Å²) in [6.45, 7) is 6.06. The lowest BCUT2D eigenvalue weighted by atomic mass is 10.1. The SMILES string of the molecule is CCCn1cc(C(=O)N2CCN(c3ccc(O)cc3)CC2)c2ccccc21. The molecule has 3 aromatic rings. The summed E-state index contributed by atoms with van der Waals surface area (Å²) in [6, 6.07) is 15.4. The van der Waals surface area contributed by atoms with Gasteiger partial charge in [0, 0.05) is 55.5 Å². The van der Waals surface area contributed by atoms with E-state index in [2.05, 4.69) is 22.5 Å². The van der Waals surface area contributed by atoms with Gasteiger partial charge in [0.2, 0.25) is 0 Å². The summed E-state index contributed by atoms with van der Waals surface area (Å²) in [4.78, 5) is 17.4. The maximum atomic E-state index is 13.2. The number of amides is 1. The van der Waals surface area contributed by atoms with Crippen LogP contribution in [0.4, 0.5) is 5.69 Å². The Balaban J connectivity index is 1.51. The molecule has 140 valence electrons.